The maximum Gasteiger partial charge on any atom is 0.508 e. The van der Waals surface area contributed by atoms with Gasteiger partial charge in [0.15, 0.2) is 6.10 Å². The summed E-state index contributed by atoms with van der Waals surface area (Å²) in [6, 6.07) is 0. The molecule has 0 aromatic carbocycles. The normalized spacial score (nSPS) is 21.8. The topological polar surface area (TPSA) is 54.0 Å². The van der Waals surface area contributed by atoms with E-state index < -0.39 is 62.1 Å². The summed E-state index contributed by atoms with van der Waals surface area (Å²) in [5.41, 5.74) is 0. The molecule has 0 spiro atoms. The minimum atomic E-state index is -7.10. The van der Waals surface area contributed by atoms with Crippen LogP contribution in [0.4, 0.5) is 57.5 Å². The highest BCUT2D eigenvalue weighted by atomic mass is 19.4. The zero-order chi connectivity index (χ0) is 21.5. The van der Waals surface area contributed by atoms with Gasteiger partial charge in [-0.15, -0.1) is 0 Å². The number of carbonyl (C=O) groups excluding carboxylic acids is 1. The summed E-state index contributed by atoms with van der Waals surface area (Å²) >= 11 is 0. The Hall–Kier alpha value is -1.65. The van der Waals surface area contributed by atoms with Gasteiger partial charge in [0.05, 0.1) is 6.61 Å². The lowest BCUT2D eigenvalue weighted by Crippen LogP contribution is -2.63. The molecule has 160 valence electrons. The summed E-state index contributed by atoms with van der Waals surface area (Å²) in [6.45, 7) is -2.64. The maximum atomic E-state index is 13.8. The fourth-order valence-corrected chi connectivity index (χ4v) is 1.52. The number of halogens is 12. The lowest BCUT2D eigenvalue weighted by molar-refractivity contribution is -0.492. The van der Waals surface area contributed by atoms with Crippen molar-refractivity contribution in [1.29, 1.82) is 0 Å². The Bertz CT molecular complexity index is 526. The Kier molecular flexibility index (Phi) is 6.12. The zero-order valence-electron chi connectivity index (χ0n) is 12.1. The number of rotatable bonds is 6. The molecule has 1 rings (SSSR count). The van der Waals surface area contributed by atoms with Crippen LogP contribution < -0.4 is 0 Å². The van der Waals surface area contributed by atoms with Gasteiger partial charge in [-0.3, -0.25) is 0 Å². The van der Waals surface area contributed by atoms with Crippen LogP contribution in [0.2, 0.25) is 0 Å². The van der Waals surface area contributed by atoms with Crippen LogP contribution in [0.25, 0.3) is 0 Å². The van der Waals surface area contributed by atoms with Crippen molar-refractivity contribution in [2.75, 3.05) is 13.2 Å². The molecule has 0 bridgehead atoms. The maximum absolute atomic E-state index is 13.8. The van der Waals surface area contributed by atoms with Crippen LogP contribution in [0, 0.1) is 0 Å². The third-order valence-corrected chi connectivity index (χ3v) is 2.71. The Labute approximate surface area is 140 Å². The second kappa shape index (κ2) is 7.06. The first-order valence-electron chi connectivity index (χ1n) is 6.23. The molecule has 1 saturated heterocycles. The molecule has 5 nitrogen and oxygen atoms in total. The zero-order valence-corrected chi connectivity index (χ0v) is 12.1. The van der Waals surface area contributed by atoms with Crippen molar-refractivity contribution in [2.24, 2.45) is 0 Å². The van der Waals surface area contributed by atoms with E-state index in [1.165, 1.54) is 0 Å². The van der Waals surface area contributed by atoms with Gasteiger partial charge in [-0.1, -0.05) is 0 Å². The summed E-state index contributed by atoms with van der Waals surface area (Å²) in [5.74, 6) is -6.86. The quantitative estimate of drug-likeness (QED) is 0.470. The number of alkyl halides is 12. The summed E-state index contributed by atoms with van der Waals surface area (Å²) in [6.07, 6.45) is -35.8. The van der Waals surface area contributed by atoms with E-state index >= 15 is 0 Å². The van der Waals surface area contributed by atoms with Gasteiger partial charge >= 0.3 is 36.6 Å². The second-order valence-corrected chi connectivity index (χ2v) is 4.80. The summed E-state index contributed by atoms with van der Waals surface area (Å²) in [4.78, 5) is 10.5. The van der Waals surface area contributed by atoms with E-state index in [-0.39, 0.29) is 0 Å². The van der Waals surface area contributed by atoms with Crippen molar-refractivity contribution >= 4 is 6.16 Å². The van der Waals surface area contributed by atoms with Crippen molar-refractivity contribution in [2.45, 2.75) is 42.7 Å². The largest absolute Gasteiger partial charge is 0.508 e. The smallest absolute Gasteiger partial charge is 0.430 e. The average Bonchev–Trinajstić information content (AvgIpc) is 2.84. The van der Waals surface area contributed by atoms with Crippen LogP contribution in [0.1, 0.15) is 0 Å². The Balaban J connectivity index is 3.15. The van der Waals surface area contributed by atoms with E-state index in [1.807, 2.05) is 0 Å². The number of carbonyl (C=O) groups is 1. The first-order chi connectivity index (χ1) is 11.8. The second-order valence-electron chi connectivity index (χ2n) is 4.80. The number of hydrogen-bond donors (Lipinski definition) is 0. The first kappa shape index (κ1) is 23.4. The van der Waals surface area contributed by atoms with Crippen molar-refractivity contribution in [1.82, 2.24) is 0 Å². The molecule has 0 aliphatic carbocycles. The van der Waals surface area contributed by atoms with Crippen molar-refractivity contribution in [3.8, 4) is 0 Å². The van der Waals surface area contributed by atoms with Crippen LogP contribution >= 0.6 is 0 Å². The van der Waals surface area contributed by atoms with Crippen LogP contribution in [0.15, 0.2) is 0 Å². The molecule has 27 heavy (non-hydrogen) atoms. The SMILES string of the molecule is O=C1OCC(COC(F)(F)C(F)(OC(C(F)(F)F)C(F)(F)F)C(F)(F)F)O1. The fourth-order valence-electron chi connectivity index (χ4n) is 1.52. The molecule has 1 fully saturated rings. The summed E-state index contributed by atoms with van der Waals surface area (Å²) < 4.78 is 165. The molecule has 0 aromatic heterocycles. The van der Waals surface area contributed by atoms with Gasteiger partial charge in [0, 0.05) is 0 Å². The van der Waals surface area contributed by atoms with Gasteiger partial charge in [-0.25, -0.2) is 4.79 Å². The molecule has 1 aliphatic heterocycles. The predicted molar refractivity (Wildman–Crippen MR) is 54.0 cm³/mol. The first-order valence-corrected chi connectivity index (χ1v) is 6.23. The van der Waals surface area contributed by atoms with Crippen molar-refractivity contribution < 1.29 is 76.4 Å². The number of hydrogen-bond acceptors (Lipinski definition) is 5. The van der Waals surface area contributed by atoms with E-state index in [9.17, 15) is 57.5 Å². The molecule has 1 heterocycles. The highest BCUT2D eigenvalue weighted by Crippen LogP contribution is 2.50. The minimum Gasteiger partial charge on any atom is -0.430 e. The van der Waals surface area contributed by atoms with Crippen LogP contribution in [0.3, 0.4) is 0 Å². The molecule has 1 aliphatic rings. The Morgan fingerprint density at radius 2 is 1.41 bits per heavy atom. The summed E-state index contributed by atoms with van der Waals surface area (Å²) in [5, 5.41) is 0. The van der Waals surface area contributed by atoms with E-state index in [1.54, 1.807) is 0 Å². The van der Waals surface area contributed by atoms with E-state index in [0.717, 1.165) is 0 Å². The highest BCUT2D eigenvalue weighted by Gasteiger charge is 2.78. The Morgan fingerprint density at radius 3 is 1.74 bits per heavy atom. The molecule has 17 heteroatoms. The lowest BCUT2D eigenvalue weighted by Gasteiger charge is -2.37. The van der Waals surface area contributed by atoms with Gasteiger partial charge in [0.2, 0.25) is 0 Å². The molecule has 2 unspecified atom stereocenters. The molecule has 0 radical (unpaired) electrons. The molecule has 0 saturated carbocycles. The molecular formula is C10H6F12O5. The van der Waals surface area contributed by atoms with Gasteiger partial charge < -0.3 is 18.9 Å². The fraction of sp³-hybridized carbons (Fsp3) is 0.900. The Morgan fingerprint density at radius 1 is 0.926 bits per heavy atom. The van der Waals surface area contributed by atoms with Crippen LogP contribution in [-0.4, -0.2) is 62.1 Å². The number of cyclic esters (lactones) is 2. The van der Waals surface area contributed by atoms with Gasteiger partial charge in [0.25, 0.3) is 6.10 Å². The van der Waals surface area contributed by atoms with Gasteiger partial charge in [-0.2, -0.15) is 52.7 Å². The van der Waals surface area contributed by atoms with Gasteiger partial charge in [-0.05, 0) is 0 Å². The standard InChI is InChI=1S/C10H6F12O5/c11-6(12,13)4(7(14,15)16)27-8(17,9(18,19)20)10(21,22)25-2-3-1-24-5(23)26-3/h3-4H,1-2H2. The van der Waals surface area contributed by atoms with Crippen LogP contribution in [0.5, 0.6) is 0 Å². The highest BCUT2D eigenvalue weighted by molar-refractivity contribution is 5.61. The lowest BCUT2D eigenvalue weighted by atomic mass is 10.2. The molecule has 0 aromatic rings. The van der Waals surface area contributed by atoms with Crippen molar-refractivity contribution in [3.63, 3.8) is 0 Å². The van der Waals surface area contributed by atoms with Crippen molar-refractivity contribution in [3.05, 3.63) is 0 Å². The molecule has 0 amide bonds. The molecular weight excluding hydrogens is 428 g/mol. The molecule has 2 atom stereocenters. The monoisotopic (exact) mass is 434 g/mol. The van der Waals surface area contributed by atoms with E-state index in [4.69, 9.17) is 0 Å². The average molecular weight is 434 g/mol. The predicted octanol–water partition coefficient (Wildman–Crippen LogP) is 3.87. The van der Waals surface area contributed by atoms with Gasteiger partial charge in [0.1, 0.15) is 6.61 Å². The van der Waals surface area contributed by atoms with E-state index in [2.05, 4.69) is 18.9 Å². The molecule has 0 N–H and O–H groups in total. The van der Waals surface area contributed by atoms with Crippen LogP contribution in [-0.2, 0) is 18.9 Å². The van der Waals surface area contributed by atoms with E-state index in [0.29, 0.717) is 0 Å². The third kappa shape index (κ3) is 5.20. The summed E-state index contributed by atoms with van der Waals surface area (Å²) in [7, 11) is 0. The minimum absolute atomic E-state index is 0.866. The number of ether oxygens (including phenoxy) is 4. The third-order valence-electron chi connectivity index (χ3n) is 2.71.